The number of urea groups is 1. The quantitative estimate of drug-likeness (QED) is 0.613. The largest absolute Gasteiger partial charge is 0.376 e. The Kier molecular flexibility index (Phi) is 7.70. The highest BCUT2D eigenvalue weighted by Crippen LogP contribution is 2.29. The highest BCUT2D eigenvalue weighted by molar-refractivity contribution is 5.91. The molecule has 0 radical (unpaired) electrons. The number of amides is 4. The first-order valence-corrected chi connectivity index (χ1v) is 12.0. The lowest BCUT2D eigenvalue weighted by molar-refractivity contribution is -0.190. The Morgan fingerprint density at radius 1 is 1.26 bits per heavy atom. The van der Waals surface area contributed by atoms with Crippen LogP contribution in [0.25, 0.3) is 0 Å². The normalized spacial score (nSPS) is 25.3. The molecule has 3 atom stereocenters. The highest BCUT2D eigenvalue weighted by atomic mass is 16.5. The molecule has 0 aliphatic carbocycles. The predicted octanol–water partition coefficient (Wildman–Crippen LogP) is 1.41. The van der Waals surface area contributed by atoms with Crippen molar-refractivity contribution >= 4 is 17.8 Å². The smallest absolute Gasteiger partial charge is 0.334 e. The summed E-state index contributed by atoms with van der Waals surface area (Å²) in [5, 5.41) is 6.11. The fraction of sp³-hybridized carbons (Fsp3) is 0.560. The fourth-order valence-corrected chi connectivity index (χ4v) is 5.04. The Hall–Kier alpha value is -3.09. The van der Waals surface area contributed by atoms with E-state index in [-0.39, 0.29) is 43.6 Å². The third-order valence-electron chi connectivity index (χ3n) is 6.61. The molecule has 1 aromatic rings. The van der Waals surface area contributed by atoms with Gasteiger partial charge in [0.05, 0.1) is 25.7 Å². The summed E-state index contributed by atoms with van der Waals surface area (Å²) in [7, 11) is 0. The monoisotopic (exact) mass is 467 g/mol. The average molecular weight is 468 g/mol. The number of nitrogens with zero attached hydrogens (tertiary/aromatic N) is 4. The van der Waals surface area contributed by atoms with Crippen molar-refractivity contribution in [2.75, 3.05) is 32.8 Å². The summed E-state index contributed by atoms with van der Waals surface area (Å²) < 4.78 is 5.77. The van der Waals surface area contributed by atoms with Gasteiger partial charge in [0.25, 0.3) is 0 Å². The van der Waals surface area contributed by atoms with Crippen LogP contribution in [0.15, 0.2) is 30.3 Å². The lowest BCUT2D eigenvalue weighted by Gasteiger charge is -2.55. The van der Waals surface area contributed by atoms with E-state index in [0.717, 1.165) is 24.8 Å². The Balaban J connectivity index is 1.60. The number of benzene rings is 1. The van der Waals surface area contributed by atoms with Crippen molar-refractivity contribution in [1.82, 2.24) is 25.1 Å². The fourth-order valence-electron chi connectivity index (χ4n) is 5.04. The number of ether oxygens (including phenoxy) is 1. The van der Waals surface area contributed by atoms with Crippen LogP contribution in [-0.4, -0.2) is 88.8 Å². The van der Waals surface area contributed by atoms with Crippen molar-refractivity contribution in [1.29, 1.82) is 0 Å². The summed E-state index contributed by atoms with van der Waals surface area (Å²) in [6.45, 7) is 3.80. The van der Waals surface area contributed by atoms with Gasteiger partial charge in [0.1, 0.15) is 12.2 Å². The first-order valence-electron chi connectivity index (χ1n) is 12.0. The molecule has 1 N–H and O–H groups in total. The molecule has 0 saturated carbocycles. The molecule has 4 amide bonds. The number of terminal acetylenes is 1. The van der Waals surface area contributed by atoms with E-state index in [2.05, 4.69) is 11.2 Å². The van der Waals surface area contributed by atoms with Crippen molar-refractivity contribution in [2.24, 2.45) is 0 Å². The molecule has 4 rings (SSSR count). The van der Waals surface area contributed by atoms with Crippen LogP contribution in [0.3, 0.4) is 0 Å². The summed E-state index contributed by atoms with van der Waals surface area (Å²) in [6.07, 6.45) is 8.10. The van der Waals surface area contributed by atoms with E-state index in [0.29, 0.717) is 26.1 Å². The van der Waals surface area contributed by atoms with Gasteiger partial charge in [-0.15, -0.1) is 6.42 Å². The average Bonchev–Trinajstić information content (AvgIpc) is 3.34. The lowest BCUT2D eigenvalue weighted by Crippen LogP contribution is -2.76. The molecule has 1 unspecified atom stereocenters. The lowest BCUT2D eigenvalue weighted by atomic mass is 10.0. The third kappa shape index (κ3) is 5.03. The van der Waals surface area contributed by atoms with Gasteiger partial charge in [-0.1, -0.05) is 49.6 Å². The number of piperazine rings is 1. The van der Waals surface area contributed by atoms with E-state index in [4.69, 9.17) is 11.2 Å². The van der Waals surface area contributed by atoms with Gasteiger partial charge in [0.2, 0.25) is 11.8 Å². The Labute approximate surface area is 201 Å². The van der Waals surface area contributed by atoms with E-state index in [9.17, 15) is 14.4 Å². The summed E-state index contributed by atoms with van der Waals surface area (Å²) in [5.74, 6) is 2.30. The molecule has 182 valence electrons. The van der Waals surface area contributed by atoms with Crippen LogP contribution in [0.2, 0.25) is 0 Å². The van der Waals surface area contributed by atoms with Gasteiger partial charge in [0.15, 0.2) is 0 Å². The van der Waals surface area contributed by atoms with Crippen LogP contribution in [0.4, 0.5) is 4.79 Å². The van der Waals surface area contributed by atoms with Crippen molar-refractivity contribution in [2.45, 2.75) is 57.5 Å². The summed E-state index contributed by atoms with van der Waals surface area (Å²) >= 11 is 0. The Morgan fingerprint density at radius 3 is 2.74 bits per heavy atom. The van der Waals surface area contributed by atoms with E-state index < -0.39 is 12.2 Å². The number of hydrazine groups is 1. The summed E-state index contributed by atoms with van der Waals surface area (Å²) in [6, 6.07) is 8.68. The first kappa shape index (κ1) is 24.0. The molecular weight excluding hydrogens is 434 g/mol. The summed E-state index contributed by atoms with van der Waals surface area (Å²) in [5.41, 5.74) is 0.965. The second-order valence-corrected chi connectivity index (χ2v) is 8.98. The van der Waals surface area contributed by atoms with E-state index in [1.807, 2.05) is 37.3 Å². The number of rotatable bonds is 7. The number of fused-ring (bicyclic) bond motifs is 1. The van der Waals surface area contributed by atoms with Crippen LogP contribution in [-0.2, 0) is 20.9 Å². The van der Waals surface area contributed by atoms with Gasteiger partial charge < -0.3 is 19.9 Å². The van der Waals surface area contributed by atoms with Gasteiger partial charge in [-0.3, -0.25) is 9.59 Å². The van der Waals surface area contributed by atoms with Crippen LogP contribution in [0.5, 0.6) is 0 Å². The SMILES string of the molecule is C#CCN1CC(=O)N2[C@@H](CCC)C(=O)N(CC3CCCO3)C[C@@H]2N1C(=O)NCc1ccccc1. The molecule has 1 aromatic carbocycles. The zero-order valence-electron chi connectivity index (χ0n) is 19.7. The molecule has 3 heterocycles. The maximum Gasteiger partial charge on any atom is 0.334 e. The minimum absolute atomic E-state index is 0.0146. The predicted molar refractivity (Wildman–Crippen MR) is 126 cm³/mol. The maximum atomic E-state index is 13.5. The second kappa shape index (κ2) is 10.9. The Morgan fingerprint density at radius 2 is 2.06 bits per heavy atom. The number of carbonyl (C=O) groups is 3. The zero-order chi connectivity index (χ0) is 24.1. The van der Waals surface area contributed by atoms with E-state index >= 15 is 0 Å². The van der Waals surface area contributed by atoms with Crippen molar-refractivity contribution < 1.29 is 19.1 Å². The topological polar surface area (TPSA) is 85.4 Å². The van der Waals surface area contributed by atoms with E-state index in [1.165, 1.54) is 0 Å². The van der Waals surface area contributed by atoms with Gasteiger partial charge in [-0.05, 0) is 24.8 Å². The molecule has 9 heteroatoms. The van der Waals surface area contributed by atoms with Crippen LogP contribution in [0, 0.1) is 12.3 Å². The van der Waals surface area contributed by atoms with E-state index in [1.54, 1.807) is 19.8 Å². The molecule has 3 fully saturated rings. The molecule has 3 saturated heterocycles. The molecule has 9 nitrogen and oxygen atoms in total. The minimum Gasteiger partial charge on any atom is -0.376 e. The number of hydrogen-bond acceptors (Lipinski definition) is 5. The van der Waals surface area contributed by atoms with Crippen LogP contribution < -0.4 is 5.32 Å². The number of carbonyl (C=O) groups excluding carboxylic acids is 3. The molecule has 3 aliphatic rings. The molecule has 0 aromatic heterocycles. The van der Waals surface area contributed by atoms with Gasteiger partial charge in [-0.25, -0.2) is 9.80 Å². The van der Waals surface area contributed by atoms with Crippen molar-refractivity contribution in [3.8, 4) is 12.3 Å². The standard InChI is InChI=1S/C25H33N5O4/c1-3-9-21-24(32)27(16-20-12-8-14-34-20)17-22-29(21)23(31)18-28(13-4-2)30(22)25(33)26-15-19-10-6-5-7-11-19/h2,5-7,10-11,20-22H,3,8-9,12-18H2,1H3,(H,26,33)/t20?,21-,22-/m0/s1. The molecule has 0 bridgehead atoms. The molecule has 34 heavy (non-hydrogen) atoms. The number of nitrogens with one attached hydrogen (secondary N) is 1. The zero-order valence-corrected chi connectivity index (χ0v) is 19.7. The summed E-state index contributed by atoms with van der Waals surface area (Å²) in [4.78, 5) is 43.4. The second-order valence-electron chi connectivity index (χ2n) is 8.98. The maximum absolute atomic E-state index is 13.5. The minimum atomic E-state index is -0.624. The van der Waals surface area contributed by atoms with Crippen molar-refractivity contribution in [3.05, 3.63) is 35.9 Å². The molecule has 3 aliphatic heterocycles. The van der Waals surface area contributed by atoms with Crippen molar-refractivity contribution in [3.63, 3.8) is 0 Å². The first-order chi connectivity index (χ1) is 16.5. The van der Waals surface area contributed by atoms with Gasteiger partial charge in [-0.2, -0.15) is 5.01 Å². The third-order valence-corrected chi connectivity index (χ3v) is 6.61. The van der Waals surface area contributed by atoms with Gasteiger partial charge in [0, 0.05) is 19.7 Å². The van der Waals surface area contributed by atoms with Crippen LogP contribution >= 0.6 is 0 Å². The Bertz CT molecular complexity index is 927. The number of hydrogen-bond donors (Lipinski definition) is 1. The van der Waals surface area contributed by atoms with Crippen LogP contribution in [0.1, 0.15) is 38.2 Å². The molecular formula is C25H33N5O4. The highest BCUT2D eigenvalue weighted by Gasteiger charge is 2.51. The van der Waals surface area contributed by atoms with Gasteiger partial charge >= 0.3 is 6.03 Å². The molecule has 0 spiro atoms.